The maximum Gasteiger partial charge on any atom is 0.301 e. The van der Waals surface area contributed by atoms with Crippen molar-refractivity contribution in [1.29, 1.82) is 0 Å². The number of aryl methyl sites for hydroxylation is 1. The van der Waals surface area contributed by atoms with Crippen molar-refractivity contribution in [3.63, 3.8) is 0 Å². The third-order valence-corrected chi connectivity index (χ3v) is 4.75. The van der Waals surface area contributed by atoms with Crippen LogP contribution in [0, 0.1) is 0 Å². The number of aromatic nitrogens is 4. The van der Waals surface area contributed by atoms with Gasteiger partial charge < -0.3 is 0 Å². The van der Waals surface area contributed by atoms with Crippen LogP contribution in [-0.4, -0.2) is 45.6 Å². The van der Waals surface area contributed by atoms with Gasteiger partial charge >= 0.3 is 10.2 Å². The molecule has 120 valence electrons. The van der Waals surface area contributed by atoms with Gasteiger partial charge in [-0.1, -0.05) is 13.8 Å². The summed E-state index contributed by atoms with van der Waals surface area (Å²) < 4.78 is 30.5. The zero-order chi connectivity index (χ0) is 16.2. The van der Waals surface area contributed by atoms with Gasteiger partial charge in [-0.05, 0) is 6.42 Å². The van der Waals surface area contributed by atoms with Crippen molar-refractivity contribution in [2.45, 2.75) is 20.3 Å². The van der Waals surface area contributed by atoms with Crippen LogP contribution in [0.4, 0.5) is 5.69 Å². The fourth-order valence-electron chi connectivity index (χ4n) is 2.14. The molecule has 0 saturated carbocycles. The lowest BCUT2D eigenvalue weighted by Gasteiger charge is -2.20. The molecule has 0 radical (unpaired) electrons. The number of hydrogen-bond acceptors (Lipinski definition) is 5. The second-order valence-corrected chi connectivity index (χ2v) is 6.39. The molecule has 0 aliphatic rings. The van der Waals surface area contributed by atoms with Crippen LogP contribution in [0.5, 0.6) is 0 Å². The predicted molar refractivity (Wildman–Crippen MR) is 84.3 cm³/mol. The maximum atomic E-state index is 12.5. The van der Waals surface area contributed by atoms with Crippen molar-refractivity contribution in [3.05, 3.63) is 24.8 Å². The van der Waals surface area contributed by atoms with Crippen molar-refractivity contribution < 1.29 is 8.42 Å². The van der Waals surface area contributed by atoms with Crippen LogP contribution in [0.15, 0.2) is 24.8 Å². The Bertz CT molecular complexity index is 713. The normalized spacial score (nSPS) is 11.8. The van der Waals surface area contributed by atoms with Gasteiger partial charge in [0.25, 0.3) is 0 Å². The average Bonchev–Trinajstić information content (AvgIpc) is 2.85. The van der Waals surface area contributed by atoms with Crippen LogP contribution >= 0.6 is 0 Å². The summed E-state index contributed by atoms with van der Waals surface area (Å²) in [6.07, 6.45) is 6.90. The van der Waals surface area contributed by atoms with Crippen LogP contribution in [0.3, 0.4) is 0 Å². The van der Waals surface area contributed by atoms with E-state index in [0.717, 1.165) is 6.42 Å². The van der Waals surface area contributed by atoms with E-state index in [1.807, 2.05) is 13.8 Å². The Balaban J connectivity index is 2.35. The number of rotatable bonds is 7. The van der Waals surface area contributed by atoms with E-state index in [1.165, 1.54) is 10.5 Å². The molecule has 22 heavy (non-hydrogen) atoms. The molecule has 0 saturated heterocycles. The van der Waals surface area contributed by atoms with Crippen molar-refractivity contribution in [1.82, 2.24) is 24.1 Å². The van der Waals surface area contributed by atoms with Crippen LogP contribution in [0.1, 0.15) is 20.3 Å². The van der Waals surface area contributed by atoms with Gasteiger partial charge in [0.05, 0.1) is 18.1 Å². The molecule has 2 aromatic heterocycles. The summed E-state index contributed by atoms with van der Waals surface area (Å²) in [5, 5.41) is 4.11. The highest BCUT2D eigenvalue weighted by atomic mass is 32.2. The highest BCUT2D eigenvalue weighted by Gasteiger charge is 2.23. The maximum absolute atomic E-state index is 12.5. The van der Waals surface area contributed by atoms with E-state index in [-0.39, 0.29) is 0 Å². The third kappa shape index (κ3) is 3.42. The zero-order valence-electron chi connectivity index (χ0n) is 12.9. The lowest BCUT2D eigenvalue weighted by atomic mass is 10.3. The highest BCUT2D eigenvalue weighted by molar-refractivity contribution is 7.90. The SMILES string of the molecule is CCCN(CC)S(=O)(=O)Nc1cnn(C)c1-c1cnccn1. The van der Waals surface area contributed by atoms with Gasteiger partial charge in [-0.2, -0.15) is 17.8 Å². The molecule has 9 heteroatoms. The predicted octanol–water partition coefficient (Wildman–Crippen LogP) is 1.27. The van der Waals surface area contributed by atoms with E-state index in [4.69, 9.17) is 0 Å². The molecule has 0 atom stereocenters. The summed E-state index contributed by atoms with van der Waals surface area (Å²) in [6, 6.07) is 0. The van der Waals surface area contributed by atoms with Crippen molar-refractivity contribution >= 4 is 15.9 Å². The standard InChI is InChI=1S/C13H20N6O2S/c1-4-8-19(5-2)22(20,21)17-12-10-16-18(3)13(12)11-9-14-6-7-15-11/h6-7,9-10,17H,4-5,8H2,1-3H3. The molecule has 0 fully saturated rings. The number of nitrogens with one attached hydrogen (secondary N) is 1. The second kappa shape index (κ2) is 6.84. The minimum Gasteiger partial charge on any atom is -0.267 e. The van der Waals surface area contributed by atoms with Crippen LogP contribution in [0.25, 0.3) is 11.4 Å². The molecule has 0 bridgehead atoms. The number of anilines is 1. The van der Waals surface area contributed by atoms with Crippen LogP contribution in [-0.2, 0) is 17.3 Å². The summed E-state index contributed by atoms with van der Waals surface area (Å²) in [5.41, 5.74) is 1.51. The molecule has 2 heterocycles. The van der Waals surface area contributed by atoms with Gasteiger partial charge in [0, 0.05) is 32.5 Å². The van der Waals surface area contributed by atoms with Gasteiger partial charge in [-0.25, -0.2) is 0 Å². The Hall–Kier alpha value is -2.00. The minimum atomic E-state index is -3.62. The first-order valence-electron chi connectivity index (χ1n) is 7.05. The summed E-state index contributed by atoms with van der Waals surface area (Å²) >= 11 is 0. The molecule has 2 aromatic rings. The smallest absolute Gasteiger partial charge is 0.267 e. The third-order valence-electron chi connectivity index (χ3n) is 3.15. The molecule has 0 amide bonds. The topological polar surface area (TPSA) is 93.0 Å². The van der Waals surface area contributed by atoms with Crippen molar-refractivity contribution in [2.75, 3.05) is 17.8 Å². The lowest BCUT2D eigenvalue weighted by molar-refractivity contribution is 0.431. The molecule has 0 aliphatic heterocycles. The molecular formula is C13H20N6O2S. The van der Waals surface area contributed by atoms with Crippen molar-refractivity contribution in [2.24, 2.45) is 7.05 Å². The van der Waals surface area contributed by atoms with E-state index in [1.54, 1.807) is 30.3 Å². The molecule has 0 spiro atoms. The summed E-state index contributed by atoms with van der Waals surface area (Å²) in [7, 11) is -1.90. The summed E-state index contributed by atoms with van der Waals surface area (Å²) in [4.78, 5) is 8.21. The second-order valence-electron chi connectivity index (χ2n) is 4.72. The van der Waals surface area contributed by atoms with E-state index in [9.17, 15) is 8.42 Å². The van der Waals surface area contributed by atoms with E-state index in [0.29, 0.717) is 30.2 Å². The first-order chi connectivity index (χ1) is 10.5. The highest BCUT2D eigenvalue weighted by Crippen LogP contribution is 2.26. The fourth-order valence-corrected chi connectivity index (χ4v) is 3.46. The fraction of sp³-hybridized carbons (Fsp3) is 0.462. The Morgan fingerprint density at radius 1 is 1.27 bits per heavy atom. The Kier molecular flexibility index (Phi) is 5.09. The van der Waals surface area contributed by atoms with Gasteiger partial charge in [0.1, 0.15) is 11.4 Å². The molecule has 0 unspecified atom stereocenters. The number of nitrogens with zero attached hydrogens (tertiary/aromatic N) is 5. The summed E-state index contributed by atoms with van der Waals surface area (Å²) in [5.74, 6) is 0. The summed E-state index contributed by atoms with van der Waals surface area (Å²) in [6.45, 7) is 4.62. The first-order valence-corrected chi connectivity index (χ1v) is 8.49. The van der Waals surface area contributed by atoms with Crippen LogP contribution in [0.2, 0.25) is 0 Å². The Labute approximate surface area is 130 Å². The van der Waals surface area contributed by atoms with Gasteiger partial charge in [0.2, 0.25) is 0 Å². The van der Waals surface area contributed by atoms with Crippen LogP contribution < -0.4 is 4.72 Å². The van der Waals surface area contributed by atoms with Gasteiger partial charge in [-0.3, -0.25) is 19.4 Å². The Morgan fingerprint density at radius 3 is 2.64 bits per heavy atom. The minimum absolute atomic E-state index is 0.387. The molecular weight excluding hydrogens is 304 g/mol. The van der Waals surface area contributed by atoms with Gasteiger partial charge in [0.15, 0.2) is 0 Å². The Morgan fingerprint density at radius 2 is 2.05 bits per heavy atom. The van der Waals surface area contributed by atoms with Gasteiger partial charge in [-0.15, -0.1) is 0 Å². The average molecular weight is 324 g/mol. The largest absolute Gasteiger partial charge is 0.301 e. The quantitative estimate of drug-likeness (QED) is 0.828. The lowest BCUT2D eigenvalue weighted by Crippen LogP contribution is -2.36. The van der Waals surface area contributed by atoms with E-state index < -0.39 is 10.2 Å². The molecule has 0 aliphatic carbocycles. The van der Waals surface area contributed by atoms with E-state index in [2.05, 4.69) is 19.8 Å². The molecule has 2 rings (SSSR count). The molecule has 1 N–H and O–H groups in total. The number of hydrogen-bond donors (Lipinski definition) is 1. The van der Waals surface area contributed by atoms with E-state index >= 15 is 0 Å². The molecule has 0 aromatic carbocycles. The van der Waals surface area contributed by atoms with Crippen molar-refractivity contribution in [3.8, 4) is 11.4 Å². The zero-order valence-corrected chi connectivity index (χ0v) is 13.7. The first kappa shape index (κ1) is 16.4. The molecule has 8 nitrogen and oxygen atoms in total. The monoisotopic (exact) mass is 324 g/mol.